The maximum absolute atomic E-state index is 13.3. The molecule has 126 valence electrons. The Kier molecular flexibility index (Phi) is 3.52. The van der Waals surface area contributed by atoms with Gasteiger partial charge in [0.2, 0.25) is 0 Å². The molecule has 1 heterocycles. The summed E-state index contributed by atoms with van der Waals surface area (Å²) in [6, 6.07) is 8.12. The van der Waals surface area contributed by atoms with Gasteiger partial charge >= 0.3 is 5.69 Å². The fourth-order valence-electron chi connectivity index (χ4n) is 4.53. The highest BCUT2D eigenvalue weighted by molar-refractivity contribution is 5.71. The van der Waals surface area contributed by atoms with E-state index >= 15 is 0 Å². The normalized spacial score (nSPS) is 19.6. The molecule has 0 saturated heterocycles. The lowest BCUT2D eigenvalue weighted by atomic mass is 9.72. The second kappa shape index (κ2) is 5.47. The minimum atomic E-state index is -0.276. The molecule has 1 aromatic carbocycles. The van der Waals surface area contributed by atoms with Crippen LogP contribution in [0.25, 0.3) is 11.3 Å². The molecule has 0 atom stereocenters. The van der Waals surface area contributed by atoms with Crippen LogP contribution in [-0.4, -0.2) is 9.55 Å². The number of hydrogen-bond donors (Lipinski definition) is 1. The van der Waals surface area contributed by atoms with E-state index < -0.39 is 0 Å². The molecule has 4 heteroatoms. The van der Waals surface area contributed by atoms with Crippen molar-refractivity contribution in [2.45, 2.75) is 63.8 Å². The maximum atomic E-state index is 13.3. The van der Waals surface area contributed by atoms with Gasteiger partial charge in [-0.3, -0.25) is 9.36 Å². The number of benzene rings is 1. The SMILES string of the molecule is CC1(C)Cc2ccccc2-c2[nH]c(=O)n(C3CCCCC3)c(=O)c21. The summed E-state index contributed by atoms with van der Waals surface area (Å²) in [5.41, 5.74) is 3.08. The molecule has 4 nitrogen and oxygen atoms in total. The first-order valence-electron chi connectivity index (χ1n) is 8.96. The largest absolute Gasteiger partial charge is 0.329 e. The second-order valence-electron chi connectivity index (χ2n) is 7.86. The lowest BCUT2D eigenvalue weighted by molar-refractivity contribution is 0.331. The van der Waals surface area contributed by atoms with Crippen molar-refractivity contribution in [2.75, 3.05) is 0 Å². The Labute approximate surface area is 141 Å². The number of H-pyrrole nitrogens is 1. The summed E-state index contributed by atoms with van der Waals surface area (Å²) in [4.78, 5) is 29.1. The van der Waals surface area contributed by atoms with E-state index in [4.69, 9.17) is 0 Å². The van der Waals surface area contributed by atoms with Gasteiger partial charge in [-0.25, -0.2) is 4.79 Å². The Hall–Kier alpha value is -2.10. The molecule has 1 fully saturated rings. The van der Waals surface area contributed by atoms with Crippen LogP contribution in [0.1, 0.15) is 63.1 Å². The Balaban J connectivity index is 1.99. The average molecular weight is 324 g/mol. The number of aromatic amines is 1. The first kappa shape index (κ1) is 15.4. The van der Waals surface area contributed by atoms with Crippen molar-refractivity contribution < 1.29 is 0 Å². The second-order valence-corrected chi connectivity index (χ2v) is 7.86. The minimum absolute atomic E-state index is 0.0493. The van der Waals surface area contributed by atoms with E-state index in [2.05, 4.69) is 24.9 Å². The molecule has 0 aliphatic heterocycles. The third kappa shape index (κ3) is 2.27. The number of rotatable bonds is 1. The number of nitrogens with one attached hydrogen (secondary N) is 1. The summed E-state index contributed by atoms with van der Waals surface area (Å²) in [7, 11) is 0. The van der Waals surface area contributed by atoms with Crippen molar-refractivity contribution in [1.29, 1.82) is 0 Å². The molecular formula is C20H24N2O2. The first-order chi connectivity index (χ1) is 11.5. The van der Waals surface area contributed by atoms with Gasteiger partial charge in [0.1, 0.15) is 0 Å². The summed E-state index contributed by atoms with van der Waals surface area (Å²) in [6.45, 7) is 4.21. The van der Waals surface area contributed by atoms with E-state index in [0.717, 1.165) is 48.9 Å². The number of aromatic nitrogens is 2. The highest BCUT2D eigenvalue weighted by atomic mass is 16.2. The van der Waals surface area contributed by atoms with Crippen LogP contribution < -0.4 is 11.2 Å². The Morgan fingerprint density at radius 1 is 1.08 bits per heavy atom. The fraction of sp³-hybridized carbons (Fsp3) is 0.500. The molecule has 0 amide bonds. The monoisotopic (exact) mass is 324 g/mol. The van der Waals surface area contributed by atoms with Gasteiger partial charge in [-0.2, -0.15) is 0 Å². The van der Waals surface area contributed by atoms with Crippen molar-refractivity contribution in [3.05, 3.63) is 56.2 Å². The predicted octanol–water partition coefficient (Wildman–Crippen LogP) is 3.54. The average Bonchev–Trinajstić information content (AvgIpc) is 2.54. The third-order valence-electron chi connectivity index (χ3n) is 5.67. The number of fused-ring (bicyclic) bond motifs is 3. The first-order valence-corrected chi connectivity index (χ1v) is 8.96. The van der Waals surface area contributed by atoms with Gasteiger partial charge in [-0.1, -0.05) is 57.4 Å². The third-order valence-corrected chi connectivity index (χ3v) is 5.67. The lowest BCUT2D eigenvalue weighted by Crippen LogP contribution is -2.45. The molecule has 24 heavy (non-hydrogen) atoms. The standard InChI is InChI=1S/C20H24N2O2/c1-20(2)12-13-8-6-7-11-15(13)17-16(20)18(23)22(19(24)21-17)14-9-4-3-5-10-14/h6-8,11,14H,3-5,9-10,12H2,1-2H3,(H,21,24). The molecule has 1 aromatic heterocycles. The molecular weight excluding hydrogens is 300 g/mol. The van der Waals surface area contributed by atoms with Gasteiger partial charge in [-0.15, -0.1) is 0 Å². The highest BCUT2D eigenvalue weighted by Gasteiger charge is 2.36. The summed E-state index contributed by atoms with van der Waals surface area (Å²) in [5, 5.41) is 0. The van der Waals surface area contributed by atoms with Crippen LogP contribution in [-0.2, 0) is 11.8 Å². The van der Waals surface area contributed by atoms with Gasteiger partial charge in [0.25, 0.3) is 5.56 Å². The summed E-state index contributed by atoms with van der Waals surface area (Å²) >= 11 is 0. The van der Waals surface area contributed by atoms with E-state index in [1.54, 1.807) is 0 Å². The van der Waals surface area contributed by atoms with E-state index in [1.807, 2.05) is 18.2 Å². The van der Waals surface area contributed by atoms with Crippen LogP contribution in [0.4, 0.5) is 0 Å². The molecule has 0 bridgehead atoms. The predicted molar refractivity (Wildman–Crippen MR) is 95.6 cm³/mol. The van der Waals surface area contributed by atoms with Crippen molar-refractivity contribution in [3.63, 3.8) is 0 Å². The number of hydrogen-bond acceptors (Lipinski definition) is 2. The van der Waals surface area contributed by atoms with Gasteiger partial charge in [0.15, 0.2) is 0 Å². The molecule has 0 radical (unpaired) electrons. The molecule has 4 rings (SSSR count). The van der Waals surface area contributed by atoms with Gasteiger partial charge < -0.3 is 4.98 Å². The van der Waals surface area contributed by atoms with Crippen LogP contribution in [0, 0.1) is 0 Å². The van der Waals surface area contributed by atoms with Gasteiger partial charge in [0.05, 0.1) is 5.69 Å². The molecule has 2 aliphatic rings. The molecule has 1 saturated carbocycles. The smallest absolute Gasteiger partial charge is 0.306 e. The van der Waals surface area contributed by atoms with E-state index in [1.165, 1.54) is 16.6 Å². The zero-order valence-electron chi connectivity index (χ0n) is 14.4. The summed E-state index contributed by atoms with van der Waals surface area (Å²) in [5.74, 6) is 0. The highest BCUT2D eigenvalue weighted by Crippen LogP contribution is 2.40. The van der Waals surface area contributed by atoms with Crippen molar-refractivity contribution in [1.82, 2.24) is 9.55 Å². The Morgan fingerprint density at radius 2 is 1.79 bits per heavy atom. The van der Waals surface area contributed by atoms with Crippen LogP contribution >= 0.6 is 0 Å². The molecule has 0 spiro atoms. The molecule has 0 unspecified atom stereocenters. The van der Waals surface area contributed by atoms with Crippen LogP contribution in [0.2, 0.25) is 0 Å². The lowest BCUT2D eigenvalue weighted by Gasteiger charge is -2.34. The zero-order chi connectivity index (χ0) is 16.9. The minimum Gasteiger partial charge on any atom is -0.306 e. The van der Waals surface area contributed by atoms with Crippen LogP contribution in [0.15, 0.2) is 33.9 Å². The van der Waals surface area contributed by atoms with Crippen LogP contribution in [0.3, 0.4) is 0 Å². The van der Waals surface area contributed by atoms with E-state index in [-0.39, 0.29) is 22.7 Å². The van der Waals surface area contributed by atoms with Crippen LogP contribution in [0.5, 0.6) is 0 Å². The van der Waals surface area contributed by atoms with Gasteiger partial charge in [-0.05, 0) is 24.8 Å². The molecule has 2 aromatic rings. The van der Waals surface area contributed by atoms with Gasteiger partial charge in [0, 0.05) is 22.6 Å². The Bertz CT molecular complexity index is 899. The van der Waals surface area contributed by atoms with E-state index in [9.17, 15) is 9.59 Å². The Morgan fingerprint density at radius 3 is 2.54 bits per heavy atom. The summed E-state index contributed by atoms with van der Waals surface area (Å²) in [6.07, 6.45) is 6.08. The maximum Gasteiger partial charge on any atom is 0.329 e. The zero-order valence-corrected chi connectivity index (χ0v) is 14.4. The topological polar surface area (TPSA) is 54.9 Å². The van der Waals surface area contributed by atoms with Crippen molar-refractivity contribution in [3.8, 4) is 11.3 Å². The fourth-order valence-corrected chi connectivity index (χ4v) is 4.53. The number of nitrogens with zero attached hydrogens (tertiary/aromatic N) is 1. The molecule has 1 N–H and O–H groups in total. The van der Waals surface area contributed by atoms with Crippen molar-refractivity contribution >= 4 is 0 Å². The van der Waals surface area contributed by atoms with Crippen molar-refractivity contribution in [2.24, 2.45) is 0 Å². The quantitative estimate of drug-likeness (QED) is 0.872. The molecule has 2 aliphatic carbocycles. The van der Waals surface area contributed by atoms with E-state index in [0.29, 0.717) is 0 Å². The summed E-state index contributed by atoms with van der Waals surface area (Å²) < 4.78 is 1.51.